The second-order valence-corrected chi connectivity index (χ2v) is 6.83. The predicted molar refractivity (Wildman–Crippen MR) is 93.8 cm³/mol. The van der Waals surface area contributed by atoms with Crippen molar-refractivity contribution in [3.63, 3.8) is 0 Å². The zero-order valence-corrected chi connectivity index (χ0v) is 14.4. The summed E-state index contributed by atoms with van der Waals surface area (Å²) in [4.78, 5) is 18.7. The lowest BCUT2D eigenvalue weighted by Gasteiger charge is -2.26. The molecule has 1 saturated carbocycles. The van der Waals surface area contributed by atoms with Crippen LogP contribution in [0.25, 0.3) is 0 Å². The first kappa shape index (κ1) is 17.0. The molecule has 1 aromatic rings. The second-order valence-electron chi connectivity index (χ2n) is 6.83. The van der Waals surface area contributed by atoms with Crippen LogP contribution in [0, 0.1) is 5.92 Å². The molecule has 0 saturated heterocycles. The van der Waals surface area contributed by atoms with Crippen LogP contribution >= 0.6 is 0 Å². The van der Waals surface area contributed by atoms with Crippen molar-refractivity contribution < 1.29 is 9.53 Å². The van der Waals surface area contributed by atoms with E-state index in [2.05, 4.69) is 22.4 Å². The average molecular weight is 329 g/mol. The third kappa shape index (κ3) is 4.57. The van der Waals surface area contributed by atoms with E-state index in [9.17, 15) is 4.79 Å². The number of hydrogen-bond acceptors (Lipinski definition) is 3. The summed E-state index contributed by atoms with van der Waals surface area (Å²) in [5, 5.41) is 3.23. The van der Waals surface area contributed by atoms with E-state index < -0.39 is 0 Å². The monoisotopic (exact) mass is 329 g/mol. The molecule has 2 atom stereocenters. The summed E-state index contributed by atoms with van der Waals surface area (Å²) in [6, 6.07) is 6.30. The van der Waals surface area contributed by atoms with Crippen molar-refractivity contribution in [1.82, 2.24) is 15.2 Å². The normalized spacial score (nSPS) is 23.6. The fraction of sp³-hybridized carbons (Fsp3) is 0.579. The molecule has 0 bridgehead atoms. The molecule has 1 N–H and O–H groups in total. The van der Waals surface area contributed by atoms with Gasteiger partial charge in [0.1, 0.15) is 0 Å². The molecule has 24 heavy (non-hydrogen) atoms. The van der Waals surface area contributed by atoms with Gasteiger partial charge >= 0.3 is 6.03 Å². The Morgan fingerprint density at radius 3 is 3.08 bits per heavy atom. The molecular weight excluding hydrogens is 302 g/mol. The molecule has 2 heterocycles. The molecular formula is C19H27N3O2. The molecule has 0 radical (unpaired) electrons. The van der Waals surface area contributed by atoms with E-state index >= 15 is 0 Å². The number of aromatic nitrogens is 1. The molecule has 130 valence electrons. The lowest BCUT2D eigenvalue weighted by Crippen LogP contribution is -2.45. The minimum atomic E-state index is 0.0133. The maximum atomic E-state index is 12.5. The minimum absolute atomic E-state index is 0.0133. The van der Waals surface area contributed by atoms with Crippen molar-refractivity contribution >= 4 is 6.03 Å². The number of urea groups is 1. The van der Waals surface area contributed by atoms with Crippen LogP contribution in [0.15, 0.2) is 36.0 Å². The number of nitrogens with zero attached hydrogens (tertiary/aromatic N) is 2. The van der Waals surface area contributed by atoms with Gasteiger partial charge in [-0.15, -0.1) is 0 Å². The quantitative estimate of drug-likeness (QED) is 0.845. The molecule has 1 aliphatic heterocycles. The average Bonchev–Trinajstić information content (AvgIpc) is 3.03. The first-order chi connectivity index (χ1) is 11.7. The summed E-state index contributed by atoms with van der Waals surface area (Å²) in [5.74, 6) is 0.481. The van der Waals surface area contributed by atoms with Crippen molar-refractivity contribution in [2.75, 3.05) is 26.8 Å². The van der Waals surface area contributed by atoms with Crippen LogP contribution in [0.5, 0.6) is 0 Å². The van der Waals surface area contributed by atoms with E-state index in [0.717, 1.165) is 38.0 Å². The minimum Gasteiger partial charge on any atom is -0.377 e. The molecule has 1 aliphatic carbocycles. The van der Waals surface area contributed by atoms with E-state index in [1.807, 2.05) is 25.4 Å². The van der Waals surface area contributed by atoms with Gasteiger partial charge in [-0.1, -0.05) is 18.6 Å². The molecule has 5 nitrogen and oxygen atoms in total. The molecule has 1 aromatic heterocycles. The number of hydrogen-bond donors (Lipinski definition) is 1. The molecule has 0 aromatic carbocycles. The largest absolute Gasteiger partial charge is 0.377 e. The van der Waals surface area contributed by atoms with Gasteiger partial charge < -0.3 is 15.0 Å². The van der Waals surface area contributed by atoms with E-state index in [1.165, 1.54) is 12.0 Å². The standard InChI is InChI=1S/C19H27N3O2/c1-22(13-15-6-5-11-24-14-15)19(23)21-18-9-4-7-16(18)12-17-8-2-3-10-20-17/h2-3,6,8,10,16,18H,4-5,7,9,11-14H2,1H3,(H,21,23). The van der Waals surface area contributed by atoms with Crippen molar-refractivity contribution in [3.8, 4) is 0 Å². The van der Waals surface area contributed by atoms with E-state index in [1.54, 1.807) is 4.90 Å². The molecule has 5 heteroatoms. The number of pyridine rings is 1. The van der Waals surface area contributed by atoms with E-state index in [-0.39, 0.29) is 12.1 Å². The van der Waals surface area contributed by atoms with Crippen molar-refractivity contribution in [2.24, 2.45) is 5.92 Å². The number of carbonyl (C=O) groups is 1. The van der Waals surface area contributed by atoms with Crippen molar-refractivity contribution in [2.45, 2.75) is 38.1 Å². The molecule has 1 fully saturated rings. The number of rotatable bonds is 5. The van der Waals surface area contributed by atoms with Gasteiger partial charge in [-0.25, -0.2) is 4.79 Å². The van der Waals surface area contributed by atoms with Crippen LogP contribution in [0.4, 0.5) is 4.79 Å². The summed E-state index contributed by atoms with van der Waals surface area (Å²) < 4.78 is 5.45. The highest BCUT2D eigenvalue weighted by Gasteiger charge is 2.29. The second kappa shape index (κ2) is 8.29. The Morgan fingerprint density at radius 1 is 1.42 bits per heavy atom. The Morgan fingerprint density at radius 2 is 2.33 bits per heavy atom. The van der Waals surface area contributed by atoms with Gasteiger partial charge in [0.05, 0.1) is 13.2 Å². The third-order valence-corrected chi connectivity index (χ3v) is 4.94. The predicted octanol–water partition coefficient (Wildman–Crippen LogP) is 2.78. The lowest BCUT2D eigenvalue weighted by atomic mass is 9.97. The lowest BCUT2D eigenvalue weighted by molar-refractivity contribution is 0.144. The van der Waals surface area contributed by atoms with Gasteiger partial charge in [0.25, 0.3) is 0 Å². The zero-order chi connectivity index (χ0) is 16.8. The first-order valence-electron chi connectivity index (χ1n) is 8.89. The van der Waals surface area contributed by atoms with E-state index in [0.29, 0.717) is 19.1 Å². The Hall–Kier alpha value is -1.88. The van der Waals surface area contributed by atoms with Crippen LogP contribution in [-0.4, -0.2) is 48.8 Å². The van der Waals surface area contributed by atoms with Crippen LogP contribution in [0.2, 0.25) is 0 Å². The summed E-state index contributed by atoms with van der Waals surface area (Å²) in [6.07, 6.45) is 9.30. The fourth-order valence-corrected chi connectivity index (χ4v) is 3.62. The Bertz CT molecular complexity index is 573. The summed E-state index contributed by atoms with van der Waals surface area (Å²) >= 11 is 0. The smallest absolute Gasteiger partial charge is 0.317 e. The molecule has 3 rings (SSSR count). The Labute approximate surface area is 144 Å². The third-order valence-electron chi connectivity index (χ3n) is 4.94. The van der Waals surface area contributed by atoms with Gasteiger partial charge in [0.15, 0.2) is 0 Å². The van der Waals surface area contributed by atoms with Crippen molar-refractivity contribution in [1.29, 1.82) is 0 Å². The van der Waals surface area contributed by atoms with Crippen LogP contribution in [0.1, 0.15) is 31.4 Å². The number of amides is 2. The van der Waals surface area contributed by atoms with Crippen LogP contribution in [-0.2, 0) is 11.2 Å². The van der Waals surface area contributed by atoms with E-state index in [4.69, 9.17) is 4.74 Å². The van der Waals surface area contributed by atoms with Gasteiger partial charge in [-0.05, 0) is 49.3 Å². The molecule has 2 aliphatic rings. The Kier molecular flexibility index (Phi) is 5.86. The SMILES string of the molecule is CN(CC1=CCCOC1)C(=O)NC1CCCC1Cc1ccccn1. The van der Waals surface area contributed by atoms with Crippen LogP contribution < -0.4 is 5.32 Å². The highest BCUT2D eigenvalue weighted by atomic mass is 16.5. The topological polar surface area (TPSA) is 54.5 Å². The summed E-state index contributed by atoms with van der Waals surface area (Å²) in [6.45, 7) is 2.07. The summed E-state index contributed by atoms with van der Waals surface area (Å²) in [7, 11) is 1.85. The van der Waals surface area contributed by atoms with Crippen molar-refractivity contribution in [3.05, 3.63) is 41.7 Å². The maximum Gasteiger partial charge on any atom is 0.317 e. The fourth-order valence-electron chi connectivity index (χ4n) is 3.62. The number of ether oxygens (including phenoxy) is 1. The van der Waals surface area contributed by atoms with Gasteiger partial charge in [-0.2, -0.15) is 0 Å². The van der Waals surface area contributed by atoms with Crippen LogP contribution in [0.3, 0.4) is 0 Å². The number of nitrogens with one attached hydrogen (secondary N) is 1. The van der Waals surface area contributed by atoms with Gasteiger partial charge in [-0.3, -0.25) is 4.98 Å². The molecule has 2 unspecified atom stereocenters. The number of carbonyl (C=O) groups excluding carboxylic acids is 1. The first-order valence-corrected chi connectivity index (χ1v) is 8.89. The highest BCUT2D eigenvalue weighted by Crippen LogP contribution is 2.28. The zero-order valence-electron chi connectivity index (χ0n) is 14.4. The molecule has 0 spiro atoms. The van der Waals surface area contributed by atoms with Gasteiger partial charge in [0.2, 0.25) is 0 Å². The highest BCUT2D eigenvalue weighted by molar-refractivity contribution is 5.74. The molecule has 2 amide bonds. The maximum absolute atomic E-state index is 12.5. The summed E-state index contributed by atoms with van der Waals surface area (Å²) in [5.41, 5.74) is 2.30. The Balaban J connectivity index is 1.51. The number of likely N-dealkylation sites (N-methyl/N-ethyl adjacent to an activating group) is 1. The van der Waals surface area contributed by atoms with Gasteiger partial charge in [0, 0.05) is 31.5 Å².